The molecule has 4 rings (SSSR count). The topological polar surface area (TPSA) is 145 Å². The number of benzene rings is 1. The largest absolute Gasteiger partial charge is 0.477 e. The molecule has 190 valence electrons. The van der Waals surface area contributed by atoms with E-state index < -0.39 is 5.97 Å². The van der Waals surface area contributed by atoms with E-state index >= 15 is 0 Å². The maximum Gasteiger partial charge on any atom is 0.353 e. The molecule has 0 saturated carbocycles. The van der Waals surface area contributed by atoms with E-state index in [9.17, 15) is 24.6 Å². The first-order chi connectivity index (χ1) is 16.8. The number of carbonyl (C=O) groups is 3. The Hall–Kier alpha value is -2.05. The SMILES string of the molecule is C[C@H]1C(S[C@@H]2CN[C@H](CSc3ccc(C(=O)NCCN)cc3)C2)=C(C(=O)O)N2C(=O)[C@@H](CCO)[C@@H]12. The molecule has 0 bridgehead atoms. The highest BCUT2D eigenvalue weighted by atomic mass is 32.2. The van der Waals surface area contributed by atoms with Crippen molar-refractivity contribution < 1.29 is 24.6 Å². The van der Waals surface area contributed by atoms with Crippen LogP contribution in [0.25, 0.3) is 0 Å². The van der Waals surface area contributed by atoms with Crippen LogP contribution in [0.4, 0.5) is 0 Å². The molecule has 0 radical (unpaired) electrons. The van der Waals surface area contributed by atoms with E-state index in [-0.39, 0.29) is 53.3 Å². The van der Waals surface area contributed by atoms with Gasteiger partial charge in [0, 0.05) is 64.6 Å². The van der Waals surface area contributed by atoms with Gasteiger partial charge in [-0.3, -0.25) is 9.59 Å². The van der Waals surface area contributed by atoms with Crippen molar-refractivity contribution in [2.45, 2.75) is 42.0 Å². The third-order valence-electron chi connectivity index (χ3n) is 6.78. The molecule has 1 aromatic rings. The fourth-order valence-corrected chi connectivity index (χ4v) is 7.56. The summed E-state index contributed by atoms with van der Waals surface area (Å²) in [5.41, 5.74) is 6.15. The number of thioether (sulfide) groups is 2. The highest BCUT2D eigenvalue weighted by Gasteiger charge is 2.58. The summed E-state index contributed by atoms with van der Waals surface area (Å²) in [7, 11) is 0. The van der Waals surface area contributed by atoms with Gasteiger partial charge in [0.25, 0.3) is 5.91 Å². The lowest BCUT2D eigenvalue weighted by Crippen LogP contribution is -2.60. The zero-order valence-electron chi connectivity index (χ0n) is 19.6. The lowest BCUT2D eigenvalue weighted by Gasteiger charge is -2.45. The second-order valence-electron chi connectivity index (χ2n) is 9.08. The number of carboxylic acid groups (broad SMARTS) is 1. The molecular weight excluding hydrogens is 488 g/mol. The minimum atomic E-state index is -1.06. The van der Waals surface area contributed by atoms with Gasteiger partial charge >= 0.3 is 5.97 Å². The van der Waals surface area contributed by atoms with Crippen LogP contribution in [0.1, 0.15) is 30.1 Å². The van der Waals surface area contributed by atoms with Gasteiger partial charge in [0.15, 0.2) is 0 Å². The number of fused-ring (bicyclic) bond motifs is 1. The summed E-state index contributed by atoms with van der Waals surface area (Å²) in [6.07, 6.45) is 1.28. The number of aliphatic hydroxyl groups is 1. The Morgan fingerprint density at radius 1 is 1.29 bits per heavy atom. The molecule has 3 heterocycles. The molecule has 1 aromatic carbocycles. The van der Waals surface area contributed by atoms with Crippen molar-refractivity contribution in [2.75, 3.05) is 32.0 Å². The summed E-state index contributed by atoms with van der Waals surface area (Å²) < 4.78 is 0. The lowest BCUT2D eigenvalue weighted by molar-refractivity contribution is -0.157. The van der Waals surface area contributed by atoms with Crippen LogP contribution in [0.15, 0.2) is 39.8 Å². The highest BCUT2D eigenvalue weighted by molar-refractivity contribution is 8.03. The number of amides is 2. The Kier molecular flexibility index (Phi) is 8.43. The fourth-order valence-electron chi connectivity index (χ4n) is 5.06. The first-order valence-electron chi connectivity index (χ1n) is 11.9. The van der Waals surface area contributed by atoms with E-state index in [0.717, 1.165) is 28.5 Å². The molecule has 2 saturated heterocycles. The number of nitrogens with one attached hydrogen (secondary N) is 2. The number of hydrogen-bond acceptors (Lipinski definition) is 8. The van der Waals surface area contributed by atoms with Crippen LogP contribution < -0.4 is 16.4 Å². The second kappa shape index (κ2) is 11.3. The predicted molar refractivity (Wildman–Crippen MR) is 136 cm³/mol. The summed E-state index contributed by atoms with van der Waals surface area (Å²) in [4.78, 5) is 39.8. The normalized spacial score (nSPS) is 27.7. The molecule has 11 heteroatoms. The molecule has 2 amide bonds. The van der Waals surface area contributed by atoms with E-state index in [1.54, 1.807) is 23.5 Å². The average molecular weight is 521 g/mol. The maximum absolute atomic E-state index is 12.5. The Bertz CT molecular complexity index is 1000. The number of nitrogens with two attached hydrogens (primary N) is 1. The molecule has 0 unspecified atom stereocenters. The Labute approximate surface area is 213 Å². The Balaban J connectivity index is 1.31. The number of β-lactam (4-membered cyclic amide) rings is 1. The first kappa shape index (κ1) is 26.0. The molecule has 0 aromatic heterocycles. The zero-order chi connectivity index (χ0) is 25.1. The minimum absolute atomic E-state index is 0.0469. The van der Waals surface area contributed by atoms with Crippen LogP contribution in [0.3, 0.4) is 0 Å². The molecule has 3 aliphatic rings. The molecular formula is C24H32N4O5S2. The number of carboxylic acids is 1. The summed E-state index contributed by atoms with van der Waals surface area (Å²) in [5.74, 6) is -0.862. The van der Waals surface area contributed by atoms with Crippen LogP contribution in [0, 0.1) is 11.8 Å². The molecule has 0 spiro atoms. The van der Waals surface area contributed by atoms with E-state index in [2.05, 4.69) is 10.6 Å². The van der Waals surface area contributed by atoms with Crippen molar-refractivity contribution in [1.82, 2.24) is 15.5 Å². The van der Waals surface area contributed by atoms with E-state index in [1.165, 1.54) is 4.90 Å². The quantitative estimate of drug-likeness (QED) is 0.214. The first-order valence-corrected chi connectivity index (χ1v) is 13.7. The molecule has 3 aliphatic heterocycles. The predicted octanol–water partition coefficient (Wildman–Crippen LogP) is 1.09. The van der Waals surface area contributed by atoms with Crippen LogP contribution >= 0.6 is 23.5 Å². The van der Waals surface area contributed by atoms with Crippen molar-refractivity contribution in [3.05, 3.63) is 40.4 Å². The van der Waals surface area contributed by atoms with Gasteiger partial charge in [0.05, 0.1) is 12.0 Å². The Morgan fingerprint density at radius 3 is 2.69 bits per heavy atom. The van der Waals surface area contributed by atoms with Gasteiger partial charge in [-0.25, -0.2) is 4.79 Å². The second-order valence-corrected chi connectivity index (χ2v) is 11.5. The van der Waals surface area contributed by atoms with Crippen LogP contribution in [-0.2, 0) is 9.59 Å². The average Bonchev–Trinajstić information content (AvgIpc) is 3.40. The third-order valence-corrected chi connectivity index (χ3v) is 9.47. The number of aliphatic hydroxyl groups excluding tert-OH is 1. The maximum atomic E-state index is 12.5. The van der Waals surface area contributed by atoms with Crippen LogP contribution in [-0.4, -0.2) is 82.2 Å². The molecule has 2 fully saturated rings. The molecule has 0 aliphatic carbocycles. The van der Waals surface area contributed by atoms with Gasteiger partial charge < -0.3 is 31.5 Å². The van der Waals surface area contributed by atoms with Gasteiger partial charge in [0.2, 0.25) is 5.91 Å². The van der Waals surface area contributed by atoms with Crippen LogP contribution in [0.5, 0.6) is 0 Å². The summed E-state index contributed by atoms with van der Waals surface area (Å²) >= 11 is 3.30. The van der Waals surface area contributed by atoms with Crippen molar-refractivity contribution in [2.24, 2.45) is 17.6 Å². The number of nitrogens with zero attached hydrogens (tertiary/aromatic N) is 1. The smallest absolute Gasteiger partial charge is 0.353 e. The van der Waals surface area contributed by atoms with E-state index in [1.807, 2.05) is 31.2 Å². The molecule has 5 atom stereocenters. The zero-order valence-corrected chi connectivity index (χ0v) is 21.2. The standard InChI is InChI=1S/C24H32N4O5S2/c1-13-19-18(6-9-29)23(31)28(19)20(24(32)33)21(13)35-17-10-15(27-11-17)12-34-16-4-2-14(3-5-16)22(30)26-8-7-25/h2-5,13,15,17-19,27,29H,6-12,25H2,1H3,(H,26,30)(H,32,33)/t13-,15+,17+,18+,19-/m1/s1. The van der Waals surface area contributed by atoms with Crippen molar-refractivity contribution in [3.63, 3.8) is 0 Å². The summed E-state index contributed by atoms with van der Waals surface area (Å²) in [6, 6.07) is 7.63. The van der Waals surface area contributed by atoms with E-state index in [0.29, 0.717) is 25.1 Å². The van der Waals surface area contributed by atoms with Gasteiger partial charge in [-0.15, -0.1) is 23.5 Å². The van der Waals surface area contributed by atoms with Gasteiger partial charge in [-0.1, -0.05) is 6.92 Å². The molecule has 9 nitrogen and oxygen atoms in total. The van der Waals surface area contributed by atoms with Crippen LogP contribution in [0.2, 0.25) is 0 Å². The summed E-state index contributed by atoms with van der Waals surface area (Å²) in [6.45, 7) is 3.54. The molecule has 35 heavy (non-hydrogen) atoms. The van der Waals surface area contributed by atoms with Gasteiger partial charge in [0.1, 0.15) is 5.70 Å². The molecule has 6 N–H and O–H groups in total. The number of hydrogen-bond donors (Lipinski definition) is 5. The number of rotatable bonds is 11. The van der Waals surface area contributed by atoms with Gasteiger partial charge in [-0.2, -0.15) is 0 Å². The number of aliphatic carboxylic acids is 1. The fraction of sp³-hybridized carbons (Fsp3) is 0.542. The lowest BCUT2D eigenvalue weighted by atomic mass is 9.80. The monoisotopic (exact) mass is 520 g/mol. The highest BCUT2D eigenvalue weighted by Crippen LogP contribution is 2.51. The van der Waals surface area contributed by atoms with Crippen molar-refractivity contribution in [1.29, 1.82) is 0 Å². The summed E-state index contributed by atoms with van der Waals surface area (Å²) in [5, 5.41) is 25.6. The van der Waals surface area contributed by atoms with Crippen molar-refractivity contribution >= 4 is 41.3 Å². The van der Waals surface area contributed by atoms with Crippen molar-refractivity contribution in [3.8, 4) is 0 Å². The van der Waals surface area contributed by atoms with Gasteiger partial charge in [-0.05, 0) is 37.1 Å². The van der Waals surface area contributed by atoms with E-state index in [4.69, 9.17) is 5.73 Å². The minimum Gasteiger partial charge on any atom is -0.477 e. The Morgan fingerprint density at radius 2 is 2.03 bits per heavy atom. The number of carbonyl (C=O) groups excluding carboxylic acids is 2. The third kappa shape index (κ3) is 5.39.